The minimum Gasteiger partial charge on any atom is -0.381 e. The molecule has 268 valence electrons. The van der Waals surface area contributed by atoms with Crippen LogP contribution in [0.25, 0.3) is 11.6 Å². The molecule has 6 heterocycles. The Hall–Kier alpha value is -5.04. The molecule has 0 spiro atoms. The van der Waals surface area contributed by atoms with Gasteiger partial charge in [-0.25, -0.2) is 14.4 Å². The zero-order chi connectivity index (χ0) is 36.0. The van der Waals surface area contributed by atoms with Crippen molar-refractivity contribution in [1.82, 2.24) is 39.2 Å². The van der Waals surface area contributed by atoms with Crippen molar-refractivity contribution in [2.75, 3.05) is 37.1 Å². The smallest absolute Gasteiger partial charge is 0.254 e. The molecule has 2 aliphatic rings. The van der Waals surface area contributed by atoms with Crippen LogP contribution in [0, 0.1) is 31.0 Å². The van der Waals surface area contributed by atoms with Crippen LogP contribution in [-0.4, -0.2) is 65.6 Å². The first kappa shape index (κ1) is 35.4. The molecule has 6 aromatic rings. The fourth-order valence-corrected chi connectivity index (χ4v) is 6.95. The number of rotatable bonds is 8. The fraction of sp³-hybridized carbons (Fsp3) is 0.378. The maximum atomic E-state index is 14.1. The number of anilines is 2. The summed E-state index contributed by atoms with van der Waals surface area (Å²) in [5, 5.41) is 24.5. The highest BCUT2D eigenvalue weighted by molar-refractivity contribution is 9.10. The molecule has 15 heteroatoms. The first-order valence-electron chi connectivity index (χ1n) is 17.4. The van der Waals surface area contributed by atoms with Crippen LogP contribution in [0.4, 0.5) is 16.3 Å². The van der Waals surface area contributed by atoms with E-state index in [2.05, 4.69) is 74.9 Å². The van der Waals surface area contributed by atoms with E-state index in [0.717, 1.165) is 80.4 Å². The molecule has 0 atom stereocenters. The molecule has 2 fully saturated rings. The van der Waals surface area contributed by atoms with E-state index in [-0.39, 0.29) is 5.82 Å². The van der Waals surface area contributed by atoms with Gasteiger partial charge in [0.05, 0.1) is 27.5 Å². The lowest BCUT2D eigenvalue weighted by atomic mass is 9.96. The second-order valence-corrected chi connectivity index (χ2v) is 13.8. The van der Waals surface area contributed by atoms with E-state index in [4.69, 9.17) is 14.7 Å². The number of aromatic nitrogens is 8. The molecule has 13 nitrogen and oxygen atoms in total. The molecular formula is C37H39BrFN11O2. The van der Waals surface area contributed by atoms with Crippen LogP contribution < -0.4 is 10.6 Å². The average Bonchev–Trinajstić information content (AvgIpc) is 3.78. The maximum absolute atomic E-state index is 14.1. The molecule has 0 unspecified atom stereocenters. The number of fused-ring (bicyclic) bond motifs is 2. The van der Waals surface area contributed by atoms with Crippen LogP contribution in [0.15, 0.2) is 59.1 Å². The number of ether oxygens (including phenoxy) is 2. The number of benzene rings is 2. The van der Waals surface area contributed by atoms with E-state index in [1.807, 2.05) is 36.6 Å². The number of nitriles is 1. The molecule has 2 aromatic carbocycles. The number of halogens is 2. The Bertz CT molecular complexity index is 2220. The summed E-state index contributed by atoms with van der Waals surface area (Å²) in [4.78, 5) is 18.0. The quantitative estimate of drug-likeness (QED) is 0.171. The minimum atomic E-state index is -0.277. The lowest BCUT2D eigenvalue weighted by Gasteiger charge is -2.22. The van der Waals surface area contributed by atoms with Crippen LogP contribution in [-0.2, 0) is 22.6 Å². The molecule has 0 amide bonds. The van der Waals surface area contributed by atoms with Crippen molar-refractivity contribution in [2.45, 2.75) is 64.5 Å². The fourth-order valence-electron chi connectivity index (χ4n) is 6.54. The van der Waals surface area contributed by atoms with Crippen LogP contribution >= 0.6 is 15.9 Å². The maximum Gasteiger partial charge on any atom is 0.254 e. The second kappa shape index (κ2) is 16.1. The highest BCUT2D eigenvalue weighted by Gasteiger charge is 2.23. The van der Waals surface area contributed by atoms with Crippen LogP contribution in [0.5, 0.6) is 0 Å². The monoisotopic (exact) mass is 767 g/mol. The van der Waals surface area contributed by atoms with Gasteiger partial charge >= 0.3 is 0 Å². The first-order chi connectivity index (χ1) is 25.3. The molecule has 8 rings (SSSR count). The minimum absolute atomic E-state index is 0.277. The number of nitrogens with zero attached hydrogens (tertiary/aromatic N) is 9. The van der Waals surface area contributed by atoms with Crippen LogP contribution in [0.3, 0.4) is 0 Å². The van der Waals surface area contributed by atoms with E-state index in [1.165, 1.54) is 0 Å². The van der Waals surface area contributed by atoms with Crippen LogP contribution in [0.1, 0.15) is 77.0 Å². The molecule has 0 bridgehead atoms. The van der Waals surface area contributed by atoms with Gasteiger partial charge in [-0.15, -0.1) is 10.2 Å². The van der Waals surface area contributed by atoms with Gasteiger partial charge in [0, 0.05) is 68.3 Å². The highest BCUT2D eigenvalue weighted by atomic mass is 79.9. The standard InChI is InChI=1S/C19H20N6O.C18H19BrFN5O/c1-13-9-17(16-5-7-26-8-6-16)25-19(22-13)23-18(24-25)21-12-15-4-2-3-14(10-15)11-20;1-11-9-15(12-5-7-26-8-6-12)25-18(22-11)23-17(24-25)21-10-13-3-2-4-14(19)16(13)20/h2-4,9-10,16H,5-8,12H2,1H3,(H,21,24);2-4,9,12H,5-8,10H2,1H3,(H,21,24). The SMILES string of the molecule is Cc1cc(C2CCOCC2)n2nc(NCc3cccc(Br)c3F)nc2n1.Cc1cc(C2CCOCC2)n2nc(NCc3cccc(C#N)c3)nc2n1. The van der Waals surface area contributed by atoms with Gasteiger partial charge in [0.25, 0.3) is 11.6 Å². The van der Waals surface area contributed by atoms with Gasteiger partial charge < -0.3 is 20.1 Å². The largest absolute Gasteiger partial charge is 0.381 e. The third kappa shape index (κ3) is 8.20. The second-order valence-electron chi connectivity index (χ2n) is 12.9. The molecule has 4 aromatic heterocycles. The van der Waals surface area contributed by atoms with Gasteiger partial charge in [-0.1, -0.05) is 24.3 Å². The molecular weight excluding hydrogens is 729 g/mol. The molecule has 0 aliphatic carbocycles. The first-order valence-corrected chi connectivity index (χ1v) is 18.2. The lowest BCUT2D eigenvalue weighted by Crippen LogP contribution is -2.17. The summed E-state index contributed by atoms with van der Waals surface area (Å²) in [5.74, 6) is 2.67. The van der Waals surface area contributed by atoms with Gasteiger partial charge in [0.2, 0.25) is 11.9 Å². The summed E-state index contributed by atoms with van der Waals surface area (Å²) in [5.41, 5.74) is 6.30. The number of hydrogen-bond acceptors (Lipinski definition) is 11. The van der Waals surface area contributed by atoms with E-state index in [1.54, 1.807) is 28.8 Å². The third-order valence-electron chi connectivity index (χ3n) is 9.19. The van der Waals surface area contributed by atoms with E-state index >= 15 is 0 Å². The van der Waals surface area contributed by atoms with E-state index in [0.29, 0.717) is 64.0 Å². The summed E-state index contributed by atoms with van der Waals surface area (Å²) in [7, 11) is 0. The summed E-state index contributed by atoms with van der Waals surface area (Å²) in [6, 6.07) is 19.0. The van der Waals surface area contributed by atoms with E-state index < -0.39 is 0 Å². The van der Waals surface area contributed by atoms with Crippen molar-refractivity contribution in [3.05, 3.63) is 104 Å². The normalized spacial score (nSPS) is 15.3. The molecule has 52 heavy (non-hydrogen) atoms. The molecule has 2 saturated heterocycles. The summed E-state index contributed by atoms with van der Waals surface area (Å²) in [6.45, 7) is 7.88. The Morgan fingerprint density at radius 1 is 0.769 bits per heavy atom. The Morgan fingerprint density at radius 3 is 1.87 bits per heavy atom. The van der Waals surface area contributed by atoms with Crippen molar-refractivity contribution >= 4 is 39.4 Å². The van der Waals surface area contributed by atoms with Gasteiger partial charge in [-0.3, -0.25) is 0 Å². The molecule has 2 aliphatic heterocycles. The third-order valence-corrected chi connectivity index (χ3v) is 9.80. The van der Waals surface area contributed by atoms with Crippen molar-refractivity contribution in [1.29, 1.82) is 5.26 Å². The Balaban J connectivity index is 0.000000162. The average molecular weight is 769 g/mol. The number of hydrogen-bond donors (Lipinski definition) is 2. The topological polar surface area (TPSA) is 152 Å². The van der Waals surface area contributed by atoms with E-state index in [9.17, 15) is 4.39 Å². The predicted octanol–water partition coefficient (Wildman–Crippen LogP) is 6.65. The van der Waals surface area contributed by atoms with Crippen LogP contribution in [0.2, 0.25) is 0 Å². The number of aryl methyl sites for hydroxylation is 2. The van der Waals surface area contributed by atoms with Crippen molar-refractivity contribution in [3.63, 3.8) is 0 Å². The molecule has 0 radical (unpaired) electrons. The Morgan fingerprint density at radius 2 is 1.31 bits per heavy atom. The zero-order valence-corrected chi connectivity index (χ0v) is 30.6. The Kier molecular flexibility index (Phi) is 11.0. The number of nitrogens with one attached hydrogen (secondary N) is 2. The zero-order valence-electron chi connectivity index (χ0n) is 29.0. The van der Waals surface area contributed by atoms with Gasteiger partial charge in [0.15, 0.2) is 0 Å². The summed E-state index contributed by atoms with van der Waals surface area (Å²) in [6.07, 6.45) is 3.90. The summed E-state index contributed by atoms with van der Waals surface area (Å²) < 4.78 is 29.1. The van der Waals surface area contributed by atoms with Gasteiger partial charge in [-0.2, -0.15) is 24.3 Å². The lowest BCUT2D eigenvalue weighted by molar-refractivity contribution is 0.0839. The van der Waals surface area contributed by atoms with Crippen molar-refractivity contribution in [3.8, 4) is 6.07 Å². The Labute approximate surface area is 308 Å². The molecule has 0 saturated carbocycles. The van der Waals surface area contributed by atoms with Gasteiger partial charge in [0.1, 0.15) is 5.82 Å². The molecule has 2 N–H and O–H groups in total. The highest BCUT2D eigenvalue weighted by Crippen LogP contribution is 2.29. The van der Waals surface area contributed by atoms with Crippen molar-refractivity contribution < 1.29 is 13.9 Å². The van der Waals surface area contributed by atoms with Gasteiger partial charge in [-0.05, 0) is 91.4 Å². The summed E-state index contributed by atoms with van der Waals surface area (Å²) >= 11 is 3.20. The predicted molar refractivity (Wildman–Crippen MR) is 197 cm³/mol. The van der Waals surface area contributed by atoms with Crippen molar-refractivity contribution in [2.24, 2.45) is 0 Å².